The highest BCUT2D eigenvalue weighted by atomic mass is 19.1. The lowest BCUT2D eigenvalue weighted by Crippen LogP contribution is -2.39. The predicted octanol–water partition coefficient (Wildman–Crippen LogP) is 11.6. The molecule has 0 heterocycles. The van der Waals surface area contributed by atoms with E-state index in [0.29, 0.717) is 22.3 Å². The summed E-state index contributed by atoms with van der Waals surface area (Å²) in [6, 6.07) is 45.9. The largest absolute Gasteiger partial charge is 0.398 e. The van der Waals surface area contributed by atoms with E-state index in [1.165, 1.54) is 48.5 Å². The number of benzene rings is 8. The van der Waals surface area contributed by atoms with E-state index in [2.05, 4.69) is 0 Å². The molecule has 0 radical (unpaired) electrons. The molecule has 0 bridgehead atoms. The van der Waals surface area contributed by atoms with Gasteiger partial charge in [0.15, 0.2) is 0 Å². The van der Waals surface area contributed by atoms with E-state index in [1.807, 2.05) is 0 Å². The van der Waals surface area contributed by atoms with Crippen molar-refractivity contribution < 1.29 is 17.6 Å². The van der Waals surface area contributed by atoms with Crippen LogP contribution in [0, 0.1) is 23.3 Å². The Morgan fingerprint density at radius 2 is 0.456 bits per heavy atom. The van der Waals surface area contributed by atoms with Crippen molar-refractivity contribution in [3.63, 3.8) is 0 Å². The van der Waals surface area contributed by atoms with Crippen LogP contribution in [0.5, 0.6) is 0 Å². The number of nitrogen functional groups attached to an aromatic ring is 4. The maximum Gasteiger partial charge on any atom is 0.137 e. The van der Waals surface area contributed by atoms with Gasteiger partial charge in [0.1, 0.15) is 23.3 Å². The van der Waals surface area contributed by atoms with E-state index < -0.39 is 50.9 Å². The molecule has 0 aliphatic heterocycles. The first-order chi connectivity index (χ1) is 27.6. The van der Waals surface area contributed by atoms with Gasteiger partial charge in [0, 0.05) is 67.3 Å². The third-order valence-corrected chi connectivity index (χ3v) is 10.5. The molecule has 0 aromatic heterocycles. The van der Waals surface area contributed by atoms with Crippen LogP contribution in [0.4, 0.5) is 40.3 Å². The molecule has 0 aliphatic rings. The Hall–Kier alpha value is -7.32. The third-order valence-electron chi connectivity index (χ3n) is 10.5. The summed E-state index contributed by atoms with van der Waals surface area (Å²) in [5.74, 6) is -3.95. The second-order valence-corrected chi connectivity index (χ2v) is 13.8. The van der Waals surface area contributed by atoms with Gasteiger partial charge in [0.25, 0.3) is 0 Å². The molecule has 4 nitrogen and oxygen atoms in total. The number of hydrogen-bond acceptors (Lipinski definition) is 4. The van der Waals surface area contributed by atoms with E-state index >= 15 is 17.6 Å². The maximum atomic E-state index is 18.3. The summed E-state index contributed by atoms with van der Waals surface area (Å²) in [5, 5.41) is 0. The Labute approximate surface area is 327 Å². The molecule has 0 spiro atoms. The monoisotopic (exact) mass is 756 g/mol. The fourth-order valence-corrected chi connectivity index (χ4v) is 8.00. The lowest BCUT2D eigenvalue weighted by Gasteiger charge is -2.41. The van der Waals surface area contributed by atoms with E-state index in [4.69, 9.17) is 22.9 Å². The van der Waals surface area contributed by atoms with E-state index in [0.717, 1.165) is 0 Å². The minimum absolute atomic E-state index is 0.0266. The Kier molecular flexibility index (Phi) is 9.47. The van der Waals surface area contributed by atoms with E-state index in [1.54, 1.807) is 121 Å². The molecule has 8 N–H and O–H groups in total. The van der Waals surface area contributed by atoms with Crippen LogP contribution in [-0.2, 0) is 5.41 Å². The Morgan fingerprint density at radius 3 is 0.649 bits per heavy atom. The molecule has 8 aromatic rings. The molecule has 0 aliphatic carbocycles. The zero-order chi connectivity index (χ0) is 39.8. The molecule has 0 saturated carbocycles. The fraction of sp³-hybridized carbons (Fsp3) is 0.0204. The minimum Gasteiger partial charge on any atom is -0.398 e. The van der Waals surface area contributed by atoms with Gasteiger partial charge in [0.2, 0.25) is 0 Å². The molecule has 280 valence electrons. The van der Waals surface area contributed by atoms with Gasteiger partial charge in [-0.25, -0.2) is 17.6 Å². The molecule has 0 saturated heterocycles. The van der Waals surface area contributed by atoms with Crippen molar-refractivity contribution in [3.05, 3.63) is 215 Å². The molecular formula is C49H36F4N4. The normalized spacial score (nSPS) is 11.4. The highest BCUT2D eigenvalue weighted by molar-refractivity contribution is 5.86. The van der Waals surface area contributed by atoms with Crippen LogP contribution in [-0.4, -0.2) is 0 Å². The highest BCUT2D eigenvalue weighted by Gasteiger charge is 2.52. The smallest absolute Gasteiger partial charge is 0.137 e. The number of anilines is 4. The topological polar surface area (TPSA) is 104 Å². The Morgan fingerprint density at radius 1 is 0.263 bits per heavy atom. The summed E-state index contributed by atoms with van der Waals surface area (Å²) >= 11 is 0. The fourth-order valence-electron chi connectivity index (χ4n) is 8.00. The summed E-state index contributed by atoms with van der Waals surface area (Å²) in [6.07, 6.45) is 0. The molecule has 8 heteroatoms. The lowest BCUT2D eigenvalue weighted by molar-refractivity contribution is 0.515. The summed E-state index contributed by atoms with van der Waals surface area (Å²) in [6.45, 7) is 0. The van der Waals surface area contributed by atoms with E-state index in [9.17, 15) is 0 Å². The van der Waals surface area contributed by atoms with Gasteiger partial charge >= 0.3 is 0 Å². The molecule has 0 atom stereocenters. The van der Waals surface area contributed by atoms with Crippen LogP contribution >= 0.6 is 0 Å². The average molecular weight is 757 g/mol. The average Bonchev–Trinajstić information content (AvgIpc) is 3.22. The van der Waals surface area contributed by atoms with Crippen molar-refractivity contribution in [3.8, 4) is 44.5 Å². The summed E-state index contributed by atoms with van der Waals surface area (Å²) in [7, 11) is 0. The molecule has 0 amide bonds. The SMILES string of the molecule is Nc1ccc(-c2ccccc2)c(F)c1C(c1c(N)ccc(-c2ccccc2)c1F)(c1c(N)ccc(-c2ccccc2)c1F)c1c(N)ccc(-c2ccccc2)c1F. The highest BCUT2D eigenvalue weighted by Crippen LogP contribution is 2.58. The molecule has 57 heavy (non-hydrogen) atoms. The van der Waals surface area contributed by atoms with Gasteiger partial charge < -0.3 is 22.9 Å². The standard InChI is InChI=1S/C49H36F4N4/c50-45-33(29-13-5-1-6-14-29)21-25-37(54)41(45)49(42-38(55)26-22-34(46(42)51)30-15-7-2-8-16-30,43-39(56)27-23-35(47(43)52)31-17-9-3-10-18-31)44-40(57)28-24-36(48(44)53)32-19-11-4-12-20-32/h1-28H,54-57H2. The van der Waals surface area contributed by atoms with Crippen LogP contribution in [0.2, 0.25) is 0 Å². The van der Waals surface area contributed by atoms with Crippen molar-refractivity contribution >= 4 is 22.7 Å². The first-order valence-corrected chi connectivity index (χ1v) is 18.2. The first-order valence-electron chi connectivity index (χ1n) is 18.2. The number of halogens is 4. The van der Waals surface area contributed by atoms with Crippen molar-refractivity contribution in [1.82, 2.24) is 0 Å². The summed E-state index contributed by atoms with van der Waals surface area (Å²) in [4.78, 5) is 0. The molecule has 0 unspecified atom stereocenters. The van der Waals surface area contributed by atoms with Gasteiger partial charge in [-0.15, -0.1) is 0 Å². The van der Waals surface area contributed by atoms with Crippen molar-refractivity contribution in [2.75, 3.05) is 22.9 Å². The maximum absolute atomic E-state index is 18.3. The molecule has 0 fully saturated rings. The van der Waals surface area contributed by atoms with Crippen LogP contribution in [0.15, 0.2) is 170 Å². The van der Waals surface area contributed by atoms with Gasteiger partial charge in [-0.1, -0.05) is 121 Å². The summed E-state index contributed by atoms with van der Waals surface area (Å²) < 4.78 is 73.0. The zero-order valence-corrected chi connectivity index (χ0v) is 30.5. The second kappa shape index (κ2) is 14.7. The predicted molar refractivity (Wildman–Crippen MR) is 224 cm³/mol. The third kappa shape index (κ3) is 6.03. The van der Waals surface area contributed by atoms with Gasteiger partial charge in [0.05, 0.1) is 5.41 Å². The Balaban J connectivity index is 1.68. The lowest BCUT2D eigenvalue weighted by atomic mass is 9.61. The van der Waals surface area contributed by atoms with Crippen molar-refractivity contribution in [2.24, 2.45) is 0 Å². The second-order valence-electron chi connectivity index (χ2n) is 13.8. The summed E-state index contributed by atoms with van der Waals surface area (Å²) in [5.41, 5.74) is 23.6. The molecule has 8 rings (SSSR count). The van der Waals surface area contributed by atoms with Crippen LogP contribution < -0.4 is 22.9 Å². The number of hydrogen-bond donors (Lipinski definition) is 4. The number of nitrogens with two attached hydrogens (primary N) is 4. The van der Waals surface area contributed by atoms with Crippen molar-refractivity contribution in [2.45, 2.75) is 5.41 Å². The first kappa shape index (κ1) is 36.6. The van der Waals surface area contributed by atoms with Gasteiger partial charge in [-0.3, -0.25) is 0 Å². The zero-order valence-electron chi connectivity index (χ0n) is 30.5. The van der Waals surface area contributed by atoms with Crippen LogP contribution in [0.25, 0.3) is 44.5 Å². The van der Waals surface area contributed by atoms with Crippen molar-refractivity contribution in [1.29, 1.82) is 0 Å². The van der Waals surface area contributed by atoms with Gasteiger partial charge in [-0.05, 0) is 70.8 Å². The van der Waals surface area contributed by atoms with Crippen LogP contribution in [0.1, 0.15) is 22.3 Å². The molecule has 8 aromatic carbocycles. The minimum atomic E-state index is -2.73. The van der Waals surface area contributed by atoms with Crippen LogP contribution in [0.3, 0.4) is 0 Å². The van der Waals surface area contributed by atoms with E-state index in [-0.39, 0.29) is 45.0 Å². The Bertz CT molecular complexity index is 2370. The van der Waals surface area contributed by atoms with Gasteiger partial charge in [-0.2, -0.15) is 0 Å². The quantitative estimate of drug-likeness (QED) is 0.0704. The molecular weight excluding hydrogens is 721 g/mol. The number of rotatable bonds is 8.